The average molecular weight is 256 g/mol. The zero-order valence-corrected chi connectivity index (χ0v) is 11.9. The fourth-order valence-electron chi connectivity index (χ4n) is 3.16. The molecule has 1 heterocycles. The molecule has 0 fully saturated rings. The van der Waals surface area contributed by atoms with Crippen molar-refractivity contribution in [1.82, 2.24) is 0 Å². The molecule has 0 unspecified atom stereocenters. The molecule has 100 valence electrons. The molecular weight excluding hydrogens is 236 g/mol. The van der Waals surface area contributed by atoms with Crippen LogP contribution in [0, 0.1) is 0 Å². The highest BCUT2D eigenvalue weighted by Crippen LogP contribution is 2.39. The van der Waals surface area contributed by atoms with E-state index >= 15 is 0 Å². The summed E-state index contributed by atoms with van der Waals surface area (Å²) in [5.41, 5.74) is 4.80. The van der Waals surface area contributed by atoms with Crippen LogP contribution in [0.3, 0.4) is 0 Å². The van der Waals surface area contributed by atoms with Crippen LogP contribution in [-0.2, 0) is 16.6 Å². The highest BCUT2D eigenvalue weighted by Gasteiger charge is 2.29. The Labute approximate surface area is 114 Å². The summed E-state index contributed by atoms with van der Waals surface area (Å²) < 4.78 is 0. The molecule has 2 aliphatic rings. The third-order valence-corrected chi connectivity index (χ3v) is 4.23. The number of carbonyl (C=O) groups excluding carboxylic acids is 1. The van der Waals surface area contributed by atoms with Gasteiger partial charge in [-0.1, -0.05) is 19.9 Å². The molecule has 1 aliphatic heterocycles. The molecule has 1 aromatic carbocycles. The van der Waals surface area contributed by atoms with Gasteiger partial charge in [0.2, 0.25) is 0 Å². The Kier molecular flexibility index (Phi) is 2.73. The van der Waals surface area contributed by atoms with Crippen molar-refractivity contribution in [1.29, 1.82) is 0 Å². The molecule has 1 amide bonds. The van der Waals surface area contributed by atoms with Crippen molar-refractivity contribution in [2.75, 3.05) is 5.01 Å². The van der Waals surface area contributed by atoms with E-state index in [1.54, 1.807) is 5.01 Å². The van der Waals surface area contributed by atoms with Crippen molar-refractivity contribution in [3.8, 4) is 0 Å². The van der Waals surface area contributed by atoms with Crippen LogP contribution >= 0.6 is 0 Å². The Morgan fingerprint density at radius 2 is 2.11 bits per heavy atom. The first-order chi connectivity index (χ1) is 8.97. The number of anilines is 1. The van der Waals surface area contributed by atoms with E-state index in [0.717, 1.165) is 17.8 Å². The minimum Gasteiger partial charge on any atom is -0.272 e. The lowest BCUT2D eigenvalue weighted by Gasteiger charge is -2.33. The number of hydrogen-bond donors (Lipinski definition) is 0. The molecule has 0 bridgehead atoms. The van der Waals surface area contributed by atoms with E-state index in [2.05, 4.69) is 31.1 Å². The van der Waals surface area contributed by atoms with E-state index in [1.165, 1.54) is 24.0 Å². The molecule has 0 spiro atoms. The predicted octanol–water partition coefficient (Wildman–Crippen LogP) is 3.41. The van der Waals surface area contributed by atoms with Crippen molar-refractivity contribution in [3.63, 3.8) is 0 Å². The molecule has 3 rings (SSSR count). The van der Waals surface area contributed by atoms with Crippen LogP contribution in [0.5, 0.6) is 0 Å². The SMILES string of the molecule is CC1=NN(c2ccc3c(c2)C(C)(C)CCC3)C(=O)C1. The molecule has 1 aromatic rings. The fourth-order valence-corrected chi connectivity index (χ4v) is 3.16. The fraction of sp³-hybridized carbons (Fsp3) is 0.500. The Balaban J connectivity index is 2.04. The molecule has 3 heteroatoms. The van der Waals surface area contributed by atoms with Crippen LogP contribution in [0.2, 0.25) is 0 Å². The molecule has 19 heavy (non-hydrogen) atoms. The van der Waals surface area contributed by atoms with Gasteiger partial charge in [0.05, 0.1) is 12.1 Å². The standard InChI is InChI=1S/C16H20N2O/c1-11-9-15(19)18(17-11)13-7-6-12-5-4-8-16(2,3)14(12)10-13/h6-7,10H,4-5,8-9H2,1-3H3. The zero-order valence-electron chi connectivity index (χ0n) is 11.9. The second-order valence-corrected chi connectivity index (χ2v) is 6.30. The number of benzene rings is 1. The average Bonchev–Trinajstić information content (AvgIpc) is 2.68. The van der Waals surface area contributed by atoms with E-state index in [-0.39, 0.29) is 11.3 Å². The number of aryl methyl sites for hydroxylation is 1. The largest absolute Gasteiger partial charge is 0.272 e. The second kappa shape index (κ2) is 4.19. The van der Waals surface area contributed by atoms with Crippen LogP contribution in [0.15, 0.2) is 23.3 Å². The monoisotopic (exact) mass is 256 g/mol. The molecule has 0 N–H and O–H groups in total. The zero-order chi connectivity index (χ0) is 13.6. The molecule has 0 radical (unpaired) electrons. The van der Waals surface area contributed by atoms with Crippen LogP contribution in [0.25, 0.3) is 0 Å². The van der Waals surface area contributed by atoms with Gasteiger partial charge in [0.25, 0.3) is 5.91 Å². The van der Waals surface area contributed by atoms with E-state index in [9.17, 15) is 4.79 Å². The lowest BCUT2D eigenvalue weighted by atomic mass is 9.72. The summed E-state index contributed by atoms with van der Waals surface area (Å²) in [6, 6.07) is 6.36. The van der Waals surface area contributed by atoms with Gasteiger partial charge < -0.3 is 0 Å². The number of amides is 1. The van der Waals surface area contributed by atoms with E-state index in [4.69, 9.17) is 0 Å². The number of carbonyl (C=O) groups is 1. The second-order valence-electron chi connectivity index (χ2n) is 6.30. The summed E-state index contributed by atoms with van der Waals surface area (Å²) in [5.74, 6) is 0.0751. The quantitative estimate of drug-likeness (QED) is 0.758. The summed E-state index contributed by atoms with van der Waals surface area (Å²) >= 11 is 0. The molecule has 3 nitrogen and oxygen atoms in total. The van der Waals surface area contributed by atoms with Crippen molar-refractivity contribution in [2.45, 2.75) is 51.9 Å². The number of nitrogens with zero attached hydrogens (tertiary/aromatic N) is 2. The number of rotatable bonds is 1. The number of fused-ring (bicyclic) bond motifs is 1. The van der Waals surface area contributed by atoms with Gasteiger partial charge in [-0.05, 0) is 54.9 Å². The van der Waals surface area contributed by atoms with Crippen LogP contribution in [-0.4, -0.2) is 11.6 Å². The van der Waals surface area contributed by atoms with E-state index in [1.807, 2.05) is 13.0 Å². The van der Waals surface area contributed by atoms with Gasteiger partial charge in [0.1, 0.15) is 0 Å². The molecular formula is C16H20N2O. The number of hydrazone groups is 1. The van der Waals surface area contributed by atoms with Crippen LogP contribution < -0.4 is 5.01 Å². The Bertz CT molecular complexity index is 572. The van der Waals surface area contributed by atoms with Crippen molar-refractivity contribution < 1.29 is 4.79 Å². The molecule has 0 atom stereocenters. The van der Waals surface area contributed by atoms with Gasteiger partial charge in [-0.3, -0.25) is 4.79 Å². The third kappa shape index (κ3) is 2.07. The van der Waals surface area contributed by atoms with Gasteiger partial charge in [0.15, 0.2) is 0 Å². The normalized spacial score (nSPS) is 21.3. The third-order valence-electron chi connectivity index (χ3n) is 4.23. The summed E-state index contributed by atoms with van der Waals surface area (Å²) in [7, 11) is 0. The Hall–Kier alpha value is -1.64. The molecule has 0 saturated heterocycles. The summed E-state index contributed by atoms with van der Waals surface area (Å²) in [5, 5.41) is 5.89. The lowest BCUT2D eigenvalue weighted by Crippen LogP contribution is -2.25. The van der Waals surface area contributed by atoms with Crippen molar-refractivity contribution >= 4 is 17.3 Å². The van der Waals surface area contributed by atoms with Crippen LogP contribution in [0.4, 0.5) is 5.69 Å². The first kappa shape index (κ1) is 12.4. The smallest absolute Gasteiger partial charge is 0.253 e. The first-order valence-corrected chi connectivity index (χ1v) is 6.98. The predicted molar refractivity (Wildman–Crippen MR) is 77.6 cm³/mol. The Morgan fingerprint density at radius 1 is 1.32 bits per heavy atom. The van der Waals surface area contributed by atoms with E-state index < -0.39 is 0 Å². The lowest BCUT2D eigenvalue weighted by molar-refractivity contribution is -0.116. The molecule has 1 aliphatic carbocycles. The summed E-state index contributed by atoms with van der Waals surface area (Å²) in [4.78, 5) is 11.9. The summed E-state index contributed by atoms with van der Waals surface area (Å²) in [6.07, 6.45) is 4.05. The van der Waals surface area contributed by atoms with Crippen molar-refractivity contribution in [3.05, 3.63) is 29.3 Å². The maximum Gasteiger partial charge on any atom is 0.253 e. The van der Waals surface area contributed by atoms with Gasteiger partial charge in [-0.15, -0.1) is 0 Å². The van der Waals surface area contributed by atoms with Crippen molar-refractivity contribution in [2.24, 2.45) is 5.10 Å². The topological polar surface area (TPSA) is 32.7 Å². The molecule has 0 saturated carbocycles. The maximum atomic E-state index is 11.9. The highest BCUT2D eigenvalue weighted by molar-refractivity contribution is 6.12. The maximum absolute atomic E-state index is 11.9. The van der Waals surface area contributed by atoms with Gasteiger partial charge >= 0.3 is 0 Å². The minimum atomic E-state index is 0.0751. The first-order valence-electron chi connectivity index (χ1n) is 6.98. The summed E-state index contributed by atoms with van der Waals surface area (Å²) in [6.45, 7) is 6.48. The molecule has 0 aromatic heterocycles. The highest BCUT2D eigenvalue weighted by atomic mass is 16.2. The van der Waals surface area contributed by atoms with Gasteiger partial charge in [-0.25, -0.2) is 5.01 Å². The Morgan fingerprint density at radius 3 is 2.79 bits per heavy atom. The minimum absolute atomic E-state index is 0.0751. The van der Waals surface area contributed by atoms with Gasteiger partial charge in [-0.2, -0.15) is 5.10 Å². The van der Waals surface area contributed by atoms with Crippen LogP contribution in [0.1, 0.15) is 51.2 Å². The number of hydrogen-bond acceptors (Lipinski definition) is 2. The van der Waals surface area contributed by atoms with E-state index in [0.29, 0.717) is 6.42 Å². The van der Waals surface area contributed by atoms with Gasteiger partial charge in [0, 0.05) is 5.71 Å².